The van der Waals surface area contributed by atoms with Gasteiger partial charge in [0.25, 0.3) is 17.0 Å². The molecule has 1 N–H and O–H groups in total. The Morgan fingerprint density at radius 2 is 2.10 bits per heavy atom. The predicted octanol–water partition coefficient (Wildman–Crippen LogP) is 4.43. The summed E-state index contributed by atoms with van der Waals surface area (Å²) in [5.41, 5.74) is 2.76. The smallest absolute Gasteiger partial charge is 0.278 e. The molecule has 3 heterocycles. The molecule has 0 bridgehead atoms. The molecule has 210 valence electrons. The van der Waals surface area contributed by atoms with Crippen LogP contribution in [0.15, 0.2) is 24.4 Å². The van der Waals surface area contributed by atoms with Crippen LogP contribution in [-0.4, -0.2) is 70.4 Å². The molecule has 0 saturated heterocycles. The molecule has 0 radical (unpaired) electrons. The van der Waals surface area contributed by atoms with Crippen LogP contribution in [0.25, 0.3) is 10.9 Å². The van der Waals surface area contributed by atoms with Crippen LogP contribution in [0.4, 0.5) is 8.78 Å². The van der Waals surface area contributed by atoms with E-state index in [2.05, 4.69) is 20.3 Å². The van der Waals surface area contributed by atoms with Gasteiger partial charge in [0.15, 0.2) is 6.61 Å². The second-order valence-electron chi connectivity index (χ2n) is 11.8. The number of hydrogen-bond donors (Lipinski definition) is 1. The molecule has 1 aliphatic heterocycles. The van der Waals surface area contributed by atoms with Crippen LogP contribution in [0, 0.1) is 11.3 Å². The number of rotatable bonds is 9. The summed E-state index contributed by atoms with van der Waals surface area (Å²) in [5, 5.41) is 8.85. The highest BCUT2D eigenvalue weighted by Crippen LogP contribution is 2.60. The van der Waals surface area contributed by atoms with Crippen molar-refractivity contribution in [3.8, 4) is 5.19 Å². The van der Waals surface area contributed by atoms with Gasteiger partial charge in [-0.2, -0.15) is 5.10 Å². The lowest BCUT2D eigenvalue weighted by atomic mass is 9.49. The highest BCUT2D eigenvalue weighted by atomic mass is 32.1. The fourth-order valence-corrected chi connectivity index (χ4v) is 7.57. The summed E-state index contributed by atoms with van der Waals surface area (Å²) in [6.45, 7) is 2.61. The molecule has 39 heavy (non-hydrogen) atoms. The first-order valence-corrected chi connectivity index (χ1v) is 14.4. The summed E-state index contributed by atoms with van der Waals surface area (Å²) in [5.74, 6) is -2.40. The van der Waals surface area contributed by atoms with Gasteiger partial charge in [0.2, 0.25) is 0 Å². The molecular formula is C28H35F2N5O3S. The maximum Gasteiger partial charge on any atom is 0.278 e. The van der Waals surface area contributed by atoms with Crippen molar-refractivity contribution in [2.45, 2.75) is 63.6 Å². The highest BCUT2D eigenvalue weighted by molar-refractivity contribution is 7.13. The lowest BCUT2D eigenvalue weighted by Crippen LogP contribution is -2.59. The fraction of sp³-hybridized carbons (Fsp3) is 0.607. The first-order chi connectivity index (χ1) is 18.6. The van der Waals surface area contributed by atoms with Gasteiger partial charge in [-0.05, 0) is 55.6 Å². The number of carbonyl (C=O) groups is 1. The quantitative estimate of drug-likeness (QED) is 0.418. The molecule has 2 aromatic heterocycles. The number of halogens is 2. The van der Waals surface area contributed by atoms with Gasteiger partial charge in [0, 0.05) is 63.2 Å². The van der Waals surface area contributed by atoms with Gasteiger partial charge in [-0.1, -0.05) is 17.4 Å². The summed E-state index contributed by atoms with van der Waals surface area (Å²) in [6.07, 6.45) is 7.15. The van der Waals surface area contributed by atoms with E-state index in [-0.39, 0.29) is 18.1 Å². The van der Waals surface area contributed by atoms with E-state index in [1.807, 2.05) is 31.4 Å². The first kappa shape index (κ1) is 26.6. The molecule has 2 fully saturated rings. The Labute approximate surface area is 230 Å². The van der Waals surface area contributed by atoms with Crippen molar-refractivity contribution in [1.82, 2.24) is 25.0 Å². The van der Waals surface area contributed by atoms with Gasteiger partial charge in [0.1, 0.15) is 0 Å². The number of alkyl halides is 2. The average Bonchev–Trinajstić information content (AvgIpc) is 3.43. The van der Waals surface area contributed by atoms with Gasteiger partial charge in [0.05, 0.1) is 22.9 Å². The van der Waals surface area contributed by atoms with Crippen LogP contribution < -0.4 is 10.1 Å². The molecule has 1 spiro atoms. The Kier molecular flexibility index (Phi) is 6.87. The molecule has 2 saturated carbocycles. The van der Waals surface area contributed by atoms with E-state index < -0.39 is 12.5 Å². The third-order valence-corrected chi connectivity index (χ3v) is 9.57. The highest BCUT2D eigenvalue weighted by Gasteiger charge is 2.55. The maximum absolute atomic E-state index is 13.1. The van der Waals surface area contributed by atoms with Crippen molar-refractivity contribution in [2.75, 3.05) is 26.8 Å². The fourth-order valence-electron chi connectivity index (χ4n) is 6.66. The summed E-state index contributed by atoms with van der Waals surface area (Å²) in [7, 11) is 3.65. The Bertz CT molecular complexity index is 1350. The minimum Gasteiger partial charge on any atom is -0.464 e. The number of aromatic nitrogens is 3. The molecule has 2 aliphatic carbocycles. The van der Waals surface area contributed by atoms with E-state index >= 15 is 0 Å². The molecule has 1 aromatic carbocycles. The minimum atomic E-state index is -2.87. The Balaban J connectivity index is 0.975. The number of nitrogens with one attached hydrogen (secondary N) is 1. The molecule has 11 heteroatoms. The van der Waals surface area contributed by atoms with E-state index in [4.69, 9.17) is 9.47 Å². The van der Waals surface area contributed by atoms with Gasteiger partial charge in [-0.3, -0.25) is 14.4 Å². The molecule has 1 amide bonds. The van der Waals surface area contributed by atoms with Crippen LogP contribution in [0.1, 0.15) is 53.5 Å². The monoisotopic (exact) mass is 559 g/mol. The van der Waals surface area contributed by atoms with Crippen molar-refractivity contribution < 1.29 is 23.0 Å². The van der Waals surface area contributed by atoms with E-state index in [1.54, 1.807) is 11.8 Å². The topological polar surface area (TPSA) is 81.5 Å². The van der Waals surface area contributed by atoms with Crippen molar-refractivity contribution in [3.05, 3.63) is 40.5 Å². The Hall–Kier alpha value is -2.63. The van der Waals surface area contributed by atoms with Gasteiger partial charge >= 0.3 is 0 Å². The summed E-state index contributed by atoms with van der Waals surface area (Å²) >= 11 is 1.38. The van der Waals surface area contributed by atoms with E-state index in [0.717, 1.165) is 73.6 Å². The third-order valence-electron chi connectivity index (χ3n) is 8.50. The van der Waals surface area contributed by atoms with E-state index in [0.29, 0.717) is 28.6 Å². The number of benzene rings is 1. The predicted molar refractivity (Wildman–Crippen MR) is 144 cm³/mol. The first-order valence-electron chi connectivity index (χ1n) is 13.6. The van der Waals surface area contributed by atoms with Crippen LogP contribution in [0.5, 0.6) is 5.19 Å². The van der Waals surface area contributed by atoms with Crippen LogP contribution in [0.2, 0.25) is 0 Å². The number of hydrogen-bond acceptors (Lipinski definition) is 7. The van der Waals surface area contributed by atoms with Crippen molar-refractivity contribution in [1.29, 1.82) is 0 Å². The number of aryl methyl sites for hydroxylation is 1. The standard InChI is InChI=1S/C28H35F2N5O3S/c1-27(29,30)16-38-26-32-22-14-35(8-7-24(22)39-26)15-23(37-3)17-9-28(10-17)11-18(12-28)31-25(36)19-5-4-6-21-20(19)13-34(2)33-21/h4-6,13,17-18,23H,7-12,14-16H2,1-3H3,(H,31,36). The van der Waals surface area contributed by atoms with E-state index in [1.165, 1.54) is 11.3 Å². The Morgan fingerprint density at radius 3 is 2.85 bits per heavy atom. The van der Waals surface area contributed by atoms with Crippen molar-refractivity contribution in [3.63, 3.8) is 0 Å². The number of amides is 1. The number of methoxy groups -OCH3 is 1. The van der Waals surface area contributed by atoms with Gasteiger partial charge in [-0.25, -0.2) is 13.8 Å². The SMILES string of the molecule is COC(CN1CCc2sc(OCC(C)(F)F)nc2C1)C1CC2(CC(NC(=O)c3cccc4nn(C)cc34)C2)C1. The van der Waals surface area contributed by atoms with Crippen LogP contribution in [0.3, 0.4) is 0 Å². The largest absolute Gasteiger partial charge is 0.464 e. The van der Waals surface area contributed by atoms with Crippen LogP contribution >= 0.6 is 11.3 Å². The molecule has 3 aliphatic rings. The van der Waals surface area contributed by atoms with Gasteiger partial charge < -0.3 is 14.8 Å². The average molecular weight is 560 g/mol. The maximum atomic E-state index is 13.1. The second kappa shape index (κ2) is 10.1. The molecule has 1 unspecified atom stereocenters. The number of fused-ring (bicyclic) bond motifs is 2. The summed E-state index contributed by atoms with van der Waals surface area (Å²) in [4.78, 5) is 20.9. The lowest BCUT2D eigenvalue weighted by Gasteiger charge is -2.59. The Morgan fingerprint density at radius 1 is 1.31 bits per heavy atom. The van der Waals surface area contributed by atoms with Crippen molar-refractivity contribution in [2.24, 2.45) is 18.4 Å². The van der Waals surface area contributed by atoms with Crippen LogP contribution in [-0.2, 0) is 24.8 Å². The zero-order valence-electron chi connectivity index (χ0n) is 22.6. The number of nitrogens with zero attached hydrogens (tertiary/aromatic N) is 4. The van der Waals surface area contributed by atoms with Crippen molar-refractivity contribution >= 4 is 28.1 Å². The summed E-state index contributed by atoms with van der Waals surface area (Å²) in [6, 6.07) is 5.88. The second-order valence-corrected chi connectivity index (χ2v) is 12.8. The normalized spacial score (nSPS) is 25.7. The number of carbonyl (C=O) groups excluding carboxylic acids is 1. The molecule has 8 nitrogen and oxygen atoms in total. The minimum absolute atomic E-state index is 0.0254. The zero-order chi connectivity index (χ0) is 27.4. The van der Waals surface area contributed by atoms with E-state index in [9.17, 15) is 13.6 Å². The van der Waals surface area contributed by atoms with Gasteiger partial charge in [-0.15, -0.1) is 0 Å². The number of ether oxygens (including phenoxy) is 2. The lowest BCUT2D eigenvalue weighted by molar-refractivity contribution is -0.110. The zero-order valence-corrected chi connectivity index (χ0v) is 23.4. The molecule has 1 atom stereocenters. The molecule has 6 rings (SSSR count). The molecular weight excluding hydrogens is 524 g/mol. The molecule has 3 aromatic rings. The number of thiazole rings is 1. The third kappa shape index (κ3) is 5.53. The summed E-state index contributed by atoms with van der Waals surface area (Å²) < 4.78 is 39.2.